The molecule has 4 nitrogen and oxygen atoms in total. The average Bonchev–Trinajstić information content (AvgIpc) is 3.00. The van der Waals surface area contributed by atoms with Crippen molar-refractivity contribution in [3.8, 4) is 5.75 Å². The second-order valence-electron chi connectivity index (χ2n) is 7.32. The molecule has 1 atom stereocenters. The number of esters is 1. The number of carbonyl (C=O) groups is 1. The van der Waals surface area contributed by atoms with Gasteiger partial charge in [0, 0.05) is 18.1 Å². The van der Waals surface area contributed by atoms with Crippen LogP contribution in [0.2, 0.25) is 0 Å². The Labute approximate surface area is 179 Å². The second-order valence-corrected chi connectivity index (χ2v) is 7.32. The van der Waals surface area contributed by atoms with E-state index in [0.717, 1.165) is 5.56 Å². The Kier molecular flexibility index (Phi) is 5.69. The Morgan fingerprint density at radius 2 is 1.65 bits per heavy atom. The molecule has 1 aliphatic heterocycles. The monoisotopic (exact) mass is 416 g/mol. The number of hydrogen-bond donors (Lipinski definition) is 1. The van der Waals surface area contributed by atoms with E-state index in [0.29, 0.717) is 29.1 Å². The SMILES string of the molecule is CC1(O)OC(=O)C(C=Cc2ccc(F)cc2)=C1c1ccccc1OCc1ccccc1. The first-order chi connectivity index (χ1) is 14.9. The van der Waals surface area contributed by atoms with Gasteiger partial charge in [0.05, 0.1) is 5.57 Å². The maximum atomic E-state index is 13.2. The minimum absolute atomic E-state index is 0.213. The van der Waals surface area contributed by atoms with Gasteiger partial charge in [0.25, 0.3) is 0 Å². The molecule has 0 aliphatic carbocycles. The van der Waals surface area contributed by atoms with Gasteiger partial charge in [0.15, 0.2) is 0 Å². The Bertz CT molecular complexity index is 1150. The highest BCUT2D eigenvalue weighted by atomic mass is 19.1. The first-order valence-corrected chi connectivity index (χ1v) is 9.84. The number of para-hydroxylation sites is 1. The topological polar surface area (TPSA) is 55.8 Å². The summed E-state index contributed by atoms with van der Waals surface area (Å²) in [5, 5.41) is 10.9. The Morgan fingerprint density at radius 3 is 2.39 bits per heavy atom. The lowest BCUT2D eigenvalue weighted by Crippen LogP contribution is -2.26. The molecule has 4 rings (SSSR count). The average molecular weight is 416 g/mol. The molecule has 156 valence electrons. The number of aliphatic hydroxyl groups is 1. The Balaban J connectivity index is 1.72. The van der Waals surface area contributed by atoms with E-state index in [1.54, 1.807) is 42.5 Å². The summed E-state index contributed by atoms with van der Waals surface area (Å²) in [7, 11) is 0. The van der Waals surface area contributed by atoms with Gasteiger partial charge in [-0.15, -0.1) is 0 Å². The van der Waals surface area contributed by atoms with Crippen LogP contribution in [0.3, 0.4) is 0 Å². The van der Waals surface area contributed by atoms with Gasteiger partial charge in [-0.3, -0.25) is 0 Å². The summed E-state index contributed by atoms with van der Waals surface area (Å²) >= 11 is 0. The molecular formula is C26H21FO4. The fourth-order valence-electron chi connectivity index (χ4n) is 3.47. The van der Waals surface area contributed by atoms with E-state index < -0.39 is 11.8 Å². The number of rotatable bonds is 6. The smallest absolute Gasteiger partial charge is 0.341 e. The highest BCUT2D eigenvalue weighted by molar-refractivity contribution is 6.07. The fourth-order valence-corrected chi connectivity index (χ4v) is 3.47. The van der Waals surface area contributed by atoms with Crippen molar-refractivity contribution in [2.45, 2.75) is 19.3 Å². The third kappa shape index (κ3) is 4.57. The molecule has 0 spiro atoms. The molecule has 1 unspecified atom stereocenters. The van der Waals surface area contributed by atoms with Crippen molar-refractivity contribution in [1.82, 2.24) is 0 Å². The van der Waals surface area contributed by atoms with Gasteiger partial charge in [0.1, 0.15) is 18.2 Å². The lowest BCUT2D eigenvalue weighted by Gasteiger charge is -2.21. The molecule has 1 N–H and O–H groups in total. The summed E-state index contributed by atoms with van der Waals surface area (Å²) in [6.07, 6.45) is 3.24. The molecule has 1 heterocycles. The molecule has 0 saturated heterocycles. The molecule has 0 fully saturated rings. The summed E-state index contributed by atoms with van der Waals surface area (Å²) < 4.78 is 24.4. The third-order valence-corrected chi connectivity index (χ3v) is 4.95. The van der Waals surface area contributed by atoms with Crippen LogP contribution in [-0.2, 0) is 16.1 Å². The number of ether oxygens (including phenoxy) is 2. The van der Waals surface area contributed by atoms with Gasteiger partial charge in [0.2, 0.25) is 5.79 Å². The van der Waals surface area contributed by atoms with Crippen LogP contribution in [0, 0.1) is 5.82 Å². The lowest BCUT2D eigenvalue weighted by molar-refractivity contribution is -0.170. The van der Waals surface area contributed by atoms with Gasteiger partial charge >= 0.3 is 5.97 Å². The van der Waals surface area contributed by atoms with Gasteiger partial charge in [-0.25, -0.2) is 9.18 Å². The molecule has 31 heavy (non-hydrogen) atoms. The summed E-state index contributed by atoms with van der Waals surface area (Å²) in [4.78, 5) is 12.5. The molecule has 0 saturated carbocycles. The van der Waals surface area contributed by atoms with Gasteiger partial charge in [-0.2, -0.15) is 0 Å². The van der Waals surface area contributed by atoms with Crippen LogP contribution in [0.1, 0.15) is 23.6 Å². The number of benzene rings is 3. The minimum Gasteiger partial charge on any atom is -0.488 e. The summed E-state index contributed by atoms with van der Waals surface area (Å²) in [6.45, 7) is 1.76. The van der Waals surface area contributed by atoms with Gasteiger partial charge < -0.3 is 14.6 Å². The van der Waals surface area contributed by atoms with Gasteiger partial charge in [-0.05, 0) is 35.4 Å². The number of hydrogen-bond acceptors (Lipinski definition) is 4. The maximum absolute atomic E-state index is 13.2. The lowest BCUT2D eigenvalue weighted by atomic mass is 9.94. The molecular weight excluding hydrogens is 395 g/mol. The predicted octanol–water partition coefficient (Wildman–Crippen LogP) is 5.14. The fraction of sp³-hybridized carbons (Fsp3) is 0.115. The molecule has 3 aromatic carbocycles. The van der Waals surface area contributed by atoms with E-state index in [-0.39, 0.29) is 11.4 Å². The molecule has 0 bridgehead atoms. The zero-order valence-electron chi connectivity index (χ0n) is 16.9. The van der Waals surface area contributed by atoms with E-state index in [9.17, 15) is 14.3 Å². The Morgan fingerprint density at radius 1 is 0.968 bits per heavy atom. The summed E-state index contributed by atoms with van der Waals surface area (Å²) in [5.74, 6) is -2.28. The highest BCUT2D eigenvalue weighted by Crippen LogP contribution is 2.42. The molecule has 1 aliphatic rings. The van der Waals surface area contributed by atoms with Crippen LogP contribution in [0.25, 0.3) is 11.6 Å². The van der Waals surface area contributed by atoms with Crippen molar-refractivity contribution in [2.24, 2.45) is 0 Å². The molecule has 0 amide bonds. The van der Waals surface area contributed by atoms with Crippen molar-refractivity contribution in [3.05, 3.63) is 113 Å². The third-order valence-electron chi connectivity index (χ3n) is 4.95. The number of halogens is 1. The van der Waals surface area contributed by atoms with Crippen LogP contribution in [-0.4, -0.2) is 16.9 Å². The zero-order chi connectivity index (χ0) is 21.8. The quantitative estimate of drug-likeness (QED) is 0.566. The first kappa shape index (κ1) is 20.6. The van der Waals surface area contributed by atoms with Crippen molar-refractivity contribution >= 4 is 17.6 Å². The van der Waals surface area contributed by atoms with Gasteiger partial charge in [-0.1, -0.05) is 66.7 Å². The van der Waals surface area contributed by atoms with Crippen LogP contribution in [0.4, 0.5) is 4.39 Å². The minimum atomic E-state index is -1.81. The van der Waals surface area contributed by atoms with Crippen molar-refractivity contribution in [3.63, 3.8) is 0 Å². The number of cyclic esters (lactones) is 1. The standard InChI is InChI=1S/C26H21FO4/c1-26(29)24(22(25(28)31-26)16-13-18-11-14-20(27)15-12-18)21-9-5-6-10-23(21)30-17-19-7-3-2-4-8-19/h2-16,29H,17H2,1H3. The van der Waals surface area contributed by atoms with Crippen LogP contribution in [0.15, 0.2) is 90.5 Å². The van der Waals surface area contributed by atoms with E-state index in [1.807, 2.05) is 36.4 Å². The molecule has 0 radical (unpaired) electrons. The summed E-state index contributed by atoms with van der Waals surface area (Å²) in [6, 6.07) is 22.8. The van der Waals surface area contributed by atoms with Crippen molar-refractivity contribution in [1.29, 1.82) is 0 Å². The first-order valence-electron chi connectivity index (χ1n) is 9.84. The van der Waals surface area contributed by atoms with Crippen LogP contribution < -0.4 is 4.74 Å². The Hall–Kier alpha value is -3.70. The van der Waals surface area contributed by atoms with Crippen molar-refractivity contribution < 1.29 is 23.8 Å². The molecule has 0 aromatic heterocycles. The van der Waals surface area contributed by atoms with Crippen LogP contribution in [0.5, 0.6) is 5.75 Å². The normalized spacial score (nSPS) is 18.5. The van der Waals surface area contributed by atoms with E-state index in [1.165, 1.54) is 19.1 Å². The van der Waals surface area contributed by atoms with E-state index >= 15 is 0 Å². The van der Waals surface area contributed by atoms with Crippen LogP contribution >= 0.6 is 0 Å². The van der Waals surface area contributed by atoms with Crippen molar-refractivity contribution in [2.75, 3.05) is 0 Å². The second kappa shape index (κ2) is 8.58. The molecule has 5 heteroatoms. The maximum Gasteiger partial charge on any atom is 0.341 e. The van der Waals surface area contributed by atoms with E-state index in [2.05, 4.69) is 0 Å². The zero-order valence-corrected chi connectivity index (χ0v) is 16.9. The van der Waals surface area contributed by atoms with E-state index in [4.69, 9.17) is 9.47 Å². The molecule has 3 aromatic rings. The number of carbonyl (C=O) groups excluding carboxylic acids is 1. The summed E-state index contributed by atoms with van der Waals surface area (Å²) in [5.41, 5.74) is 2.80. The largest absolute Gasteiger partial charge is 0.488 e. The predicted molar refractivity (Wildman–Crippen MR) is 116 cm³/mol. The highest BCUT2D eigenvalue weighted by Gasteiger charge is 2.43.